The van der Waals surface area contributed by atoms with E-state index in [4.69, 9.17) is 0 Å². The molecule has 1 fully saturated rings. The minimum absolute atomic E-state index is 0.256. The van der Waals surface area contributed by atoms with Gasteiger partial charge in [-0.15, -0.1) is 0 Å². The molecule has 1 aliphatic rings. The minimum Gasteiger partial charge on any atom is -0.387 e. The summed E-state index contributed by atoms with van der Waals surface area (Å²) in [5.41, 5.74) is 1.79. The van der Waals surface area contributed by atoms with E-state index in [0.717, 1.165) is 49.6 Å². The summed E-state index contributed by atoms with van der Waals surface area (Å²) in [7, 11) is 0. The van der Waals surface area contributed by atoms with E-state index in [2.05, 4.69) is 11.9 Å². The lowest BCUT2D eigenvalue weighted by molar-refractivity contribution is 0.00769. The average molecular weight is 298 g/mol. The molecule has 1 aromatic heterocycles. The second-order valence-corrected chi connectivity index (χ2v) is 6.11. The van der Waals surface area contributed by atoms with Crippen molar-refractivity contribution in [3.8, 4) is 0 Å². The van der Waals surface area contributed by atoms with E-state index in [1.165, 1.54) is 0 Å². The van der Waals surface area contributed by atoms with Gasteiger partial charge < -0.3 is 9.67 Å². The standard InChI is InChI=1S/C18H22N2O2/c1-2-15-11-19-13-20(15)17(18(22)9-5-6-10-18)16-8-4-3-7-14(16)12-21/h3-4,7-8,11-13,17,22H,2,5-6,9-10H2,1H3. The Labute approximate surface area is 130 Å². The van der Waals surface area contributed by atoms with Crippen molar-refractivity contribution in [1.82, 2.24) is 9.55 Å². The predicted octanol–water partition coefficient (Wildman–Crippen LogP) is 3.15. The highest BCUT2D eigenvalue weighted by molar-refractivity contribution is 5.77. The molecule has 4 heteroatoms. The topological polar surface area (TPSA) is 55.1 Å². The Bertz CT molecular complexity index is 657. The molecule has 3 rings (SSSR count). The summed E-state index contributed by atoms with van der Waals surface area (Å²) in [4.78, 5) is 15.7. The van der Waals surface area contributed by atoms with E-state index in [-0.39, 0.29) is 6.04 Å². The van der Waals surface area contributed by atoms with Crippen molar-refractivity contribution in [3.63, 3.8) is 0 Å². The van der Waals surface area contributed by atoms with Crippen molar-refractivity contribution in [1.29, 1.82) is 0 Å². The van der Waals surface area contributed by atoms with Gasteiger partial charge in [0, 0.05) is 17.5 Å². The maximum absolute atomic E-state index is 11.5. The van der Waals surface area contributed by atoms with Gasteiger partial charge in [-0.25, -0.2) is 4.98 Å². The van der Waals surface area contributed by atoms with E-state index >= 15 is 0 Å². The van der Waals surface area contributed by atoms with Crippen LogP contribution in [0.5, 0.6) is 0 Å². The molecule has 1 saturated carbocycles. The molecule has 1 aliphatic carbocycles. The Kier molecular flexibility index (Phi) is 4.12. The summed E-state index contributed by atoms with van der Waals surface area (Å²) in [5, 5.41) is 11.3. The van der Waals surface area contributed by atoms with Gasteiger partial charge >= 0.3 is 0 Å². The van der Waals surface area contributed by atoms with E-state index in [1.807, 2.05) is 35.0 Å². The van der Waals surface area contributed by atoms with Gasteiger partial charge in [-0.3, -0.25) is 4.79 Å². The van der Waals surface area contributed by atoms with Crippen LogP contribution in [0.3, 0.4) is 0 Å². The van der Waals surface area contributed by atoms with Crippen molar-refractivity contribution in [2.75, 3.05) is 0 Å². The summed E-state index contributed by atoms with van der Waals surface area (Å²) in [6.45, 7) is 2.08. The second-order valence-electron chi connectivity index (χ2n) is 6.11. The smallest absolute Gasteiger partial charge is 0.150 e. The summed E-state index contributed by atoms with van der Waals surface area (Å²) in [6.07, 6.45) is 8.90. The Balaban J connectivity index is 2.17. The third kappa shape index (κ3) is 2.48. The zero-order chi connectivity index (χ0) is 15.6. The van der Waals surface area contributed by atoms with Crippen molar-refractivity contribution in [3.05, 3.63) is 53.6 Å². The number of carbonyl (C=O) groups is 1. The Morgan fingerprint density at radius 1 is 1.36 bits per heavy atom. The highest BCUT2D eigenvalue weighted by atomic mass is 16.3. The number of hydrogen-bond acceptors (Lipinski definition) is 3. The van der Waals surface area contributed by atoms with Crippen LogP contribution in [0.4, 0.5) is 0 Å². The van der Waals surface area contributed by atoms with Crippen molar-refractivity contribution >= 4 is 6.29 Å². The molecule has 22 heavy (non-hydrogen) atoms. The molecule has 0 radical (unpaired) electrons. The molecule has 1 N–H and O–H groups in total. The number of imidazole rings is 1. The van der Waals surface area contributed by atoms with Crippen LogP contribution >= 0.6 is 0 Å². The fourth-order valence-electron chi connectivity index (χ4n) is 3.66. The lowest BCUT2D eigenvalue weighted by atomic mass is 9.84. The monoisotopic (exact) mass is 298 g/mol. The third-order valence-electron chi connectivity index (χ3n) is 4.78. The van der Waals surface area contributed by atoms with Gasteiger partial charge in [0.2, 0.25) is 0 Å². The maximum Gasteiger partial charge on any atom is 0.150 e. The number of rotatable bonds is 5. The largest absolute Gasteiger partial charge is 0.387 e. The third-order valence-corrected chi connectivity index (χ3v) is 4.78. The number of aldehydes is 1. The lowest BCUT2D eigenvalue weighted by Gasteiger charge is -2.35. The average Bonchev–Trinajstić information content (AvgIpc) is 3.18. The highest BCUT2D eigenvalue weighted by Gasteiger charge is 2.42. The maximum atomic E-state index is 11.5. The van der Waals surface area contributed by atoms with Crippen LogP contribution in [-0.2, 0) is 6.42 Å². The van der Waals surface area contributed by atoms with Gasteiger partial charge in [0.05, 0.1) is 18.0 Å². The molecular weight excluding hydrogens is 276 g/mol. The van der Waals surface area contributed by atoms with Crippen molar-refractivity contribution in [2.24, 2.45) is 0 Å². The fraction of sp³-hybridized carbons (Fsp3) is 0.444. The van der Waals surface area contributed by atoms with E-state index in [1.54, 1.807) is 6.33 Å². The molecule has 1 heterocycles. The van der Waals surface area contributed by atoms with Crippen molar-refractivity contribution < 1.29 is 9.90 Å². The van der Waals surface area contributed by atoms with Crippen LogP contribution in [0, 0.1) is 0 Å². The molecule has 0 saturated heterocycles. The Morgan fingerprint density at radius 2 is 2.09 bits per heavy atom. The van der Waals surface area contributed by atoms with Gasteiger partial charge in [-0.2, -0.15) is 0 Å². The molecule has 1 atom stereocenters. The van der Waals surface area contributed by atoms with E-state index in [0.29, 0.717) is 5.56 Å². The summed E-state index contributed by atoms with van der Waals surface area (Å²) in [5.74, 6) is 0. The lowest BCUT2D eigenvalue weighted by Crippen LogP contribution is -2.38. The number of carbonyl (C=O) groups excluding carboxylic acids is 1. The normalized spacial score (nSPS) is 18.3. The fourth-order valence-corrected chi connectivity index (χ4v) is 3.66. The summed E-state index contributed by atoms with van der Waals surface area (Å²) in [6, 6.07) is 7.29. The number of benzene rings is 1. The molecule has 4 nitrogen and oxygen atoms in total. The summed E-state index contributed by atoms with van der Waals surface area (Å²) >= 11 is 0. The molecular formula is C18H22N2O2. The Hall–Kier alpha value is -1.94. The molecule has 116 valence electrons. The molecule has 0 bridgehead atoms. The first kappa shape index (κ1) is 15.0. The first-order valence-electron chi connectivity index (χ1n) is 7.97. The van der Waals surface area contributed by atoms with Crippen LogP contribution in [0.2, 0.25) is 0 Å². The summed E-state index contributed by atoms with van der Waals surface area (Å²) < 4.78 is 2.05. The van der Waals surface area contributed by atoms with E-state index in [9.17, 15) is 9.90 Å². The molecule has 0 aliphatic heterocycles. The van der Waals surface area contributed by atoms with E-state index < -0.39 is 5.60 Å². The second kappa shape index (κ2) is 6.05. The number of hydrogen-bond donors (Lipinski definition) is 1. The SMILES string of the molecule is CCc1cncn1C(c1ccccc1C=O)C1(O)CCCC1. The van der Waals surface area contributed by atoms with Crippen LogP contribution < -0.4 is 0 Å². The van der Waals surface area contributed by atoms with Gasteiger partial charge in [0.25, 0.3) is 0 Å². The van der Waals surface area contributed by atoms with Crippen LogP contribution in [0.25, 0.3) is 0 Å². The molecule has 0 amide bonds. The highest BCUT2D eigenvalue weighted by Crippen LogP contribution is 2.43. The molecule has 1 unspecified atom stereocenters. The van der Waals surface area contributed by atoms with Crippen LogP contribution in [-0.4, -0.2) is 26.5 Å². The zero-order valence-electron chi connectivity index (χ0n) is 12.9. The van der Waals surface area contributed by atoms with Crippen LogP contribution in [0.15, 0.2) is 36.8 Å². The van der Waals surface area contributed by atoms with Gasteiger partial charge in [0.1, 0.15) is 6.29 Å². The zero-order valence-corrected chi connectivity index (χ0v) is 12.9. The number of nitrogens with zero attached hydrogens (tertiary/aromatic N) is 2. The van der Waals surface area contributed by atoms with Gasteiger partial charge in [-0.05, 0) is 24.8 Å². The van der Waals surface area contributed by atoms with Gasteiger partial charge in [0.15, 0.2) is 0 Å². The van der Waals surface area contributed by atoms with Crippen molar-refractivity contribution in [2.45, 2.75) is 50.7 Å². The van der Waals surface area contributed by atoms with Gasteiger partial charge in [-0.1, -0.05) is 44.0 Å². The first-order chi connectivity index (χ1) is 10.7. The molecule has 0 spiro atoms. The first-order valence-corrected chi connectivity index (χ1v) is 7.97. The Morgan fingerprint density at radius 3 is 2.77 bits per heavy atom. The minimum atomic E-state index is -0.816. The predicted molar refractivity (Wildman–Crippen MR) is 85.0 cm³/mol. The number of aromatic nitrogens is 2. The molecule has 2 aromatic rings. The molecule has 1 aromatic carbocycles. The number of aliphatic hydroxyl groups is 1. The number of aryl methyl sites for hydroxylation is 1. The quantitative estimate of drug-likeness (QED) is 0.863. The van der Waals surface area contributed by atoms with Crippen LogP contribution in [0.1, 0.15) is 60.3 Å².